The van der Waals surface area contributed by atoms with Gasteiger partial charge in [0.1, 0.15) is 0 Å². The summed E-state index contributed by atoms with van der Waals surface area (Å²) in [5.41, 5.74) is 6.08. The Morgan fingerprint density at radius 2 is 1.78 bits per heavy atom. The van der Waals surface area contributed by atoms with Gasteiger partial charge < -0.3 is 5.32 Å². The summed E-state index contributed by atoms with van der Waals surface area (Å²) in [6.07, 6.45) is 1.92. The minimum absolute atomic E-state index is 0.841. The molecule has 0 aromatic carbocycles. The summed E-state index contributed by atoms with van der Waals surface area (Å²) in [6.45, 7) is 7.93. The Morgan fingerprint density at radius 3 is 2.28 bits per heavy atom. The van der Waals surface area contributed by atoms with Crippen LogP contribution in [0.1, 0.15) is 28.2 Å². The van der Waals surface area contributed by atoms with Crippen LogP contribution in [0.2, 0.25) is 0 Å². The lowest BCUT2D eigenvalue weighted by molar-refractivity contribution is 0.677. The maximum Gasteiger partial charge on any atom is 0.0641 e. The number of aromatic nitrogens is 4. The molecule has 98 valence electrons. The molecule has 5 heteroatoms. The molecular weight excluding hydrogens is 226 g/mol. The van der Waals surface area contributed by atoms with Crippen LogP contribution in [0.3, 0.4) is 0 Å². The van der Waals surface area contributed by atoms with Crippen molar-refractivity contribution < 1.29 is 0 Å². The number of aryl methyl sites for hydroxylation is 3. The predicted molar refractivity (Wildman–Crippen MR) is 71.2 cm³/mol. The van der Waals surface area contributed by atoms with Crippen LogP contribution in [0.15, 0.2) is 6.20 Å². The fourth-order valence-corrected chi connectivity index (χ4v) is 2.11. The third kappa shape index (κ3) is 2.31. The molecule has 2 aromatic heterocycles. The van der Waals surface area contributed by atoms with Crippen LogP contribution < -0.4 is 5.32 Å². The molecule has 1 N–H and O–H groups in total. The monoisotopic (exact) mass is 247 g/mol. The molecule has 0 saturated heterocycles. The first-order valence-electron chi connectivity index (χ1n) is 6.18. The van der Waals surface area contributed by atoms with Crippen molar-refractivity contribution in [3.05, 3.63) is 34.4 Å². The van der Waals surface area contributed by atoms with Crippen LogP contribution in [0, 0.1) is 20.8 Å². The van der Waals surface area contributed by atoms with Crippen LogP contribution in [-0.4, -0.2) is 19.6 Å². The molecule has 0 saturated carbocycles. The van der Waals surface area contributed by atoms with E-state index in [1.54, 1.807) is 0 Å². The van der Waals surface area contributed by atoms with Gasteiger partial charge in [-0.15, -0.1) is 0 Å². The van der Waals surface area contributed by atoms with E-state index in [0.717, 1.165) is 18.8 Å². The van der Waals surface area contributed by atoms with Crippen molar-refractivity contribution in [3.8, 4) is 0 Å². The molecule has 0 fully saturated rings. The summed E-state index contributed by atoms with van der Waals surface area (Å²) in [6, 6.07) is 0. The Bertz CT molecular complexity index is 550. The third-order valence-corrected chi connectivity index (χ3v) is 3.61. The van der Waals surface area contributed by atoms with Crippen molar-refractivity contribution in [2.24, 2.45) is 14.1 Å². The zero-order chi connectivity index (χ0) is 13.3. The molecular formula is C13H21N5. The Morgan fingerprint density at radius 1 is 1.06 bits per heavy atom. The van der Waals surface area contributed by atoms with Gasteiger partial charge in [0, 0.05) is 49.7 Å². The first kappa shape index (κ1) is 12.8. The molecule has 0 amide bonds. The number of nitrogens with zero attached hydrogens (tertiary/aromatic N) is 4. The van der Waals surface area contributed by atoms with Gasteiger partial charge in [0.2, 0.25) is 0 Å². The summed E-state index contributed by atoms with van der Waals surface area (Å²) >= 11 is 0. The van der Waals surface area contributed by atoms with E-state index in [1.807, 2.05) is 29.7 Å². The lowest BCUT2D eigenvalue weighted by atomic mass is 10.2. The van der Waals surface area contributed by atoms with Crippen LogP contribution in [0.25, 0.3) is 0 Å². The van der Waals surface area contributed by atoms with Crippen LogP contribution >= 0.6 is 0 Å². The summed E-state index contributed by atoms with van der Waals surface area (Å²) in [4.78, 5) is 0. The molecule has 0 aliphatic rings. The summed E-state index contributed by atoms with van der Waals surface area (Å²) in [5.74, 6) is 0. The minimum atomic E-state index is 0.841. The molecule has 2 heterocycles. The molecule has 18 heavy (non-hydrogen) atoms. The van der Waals surface area contributed by atoms with Crippen LogP contribution in [-0.2, 0) is 27.2 Å². The molecule has 2 rings (SSSR count). The van der Waals surface area contributed by atoms with E-state index in [1.165, 1.54) is 22.5 Å². The second kappa shape index (κ2) is 4.94. The Balaban J connectivity index is 1.98. The number of nitrogens with one attached hydrogen (secondary N) is 1. The average Bonchev–Trinajstić information content (AvgIpc) is 2.76. The molecule has 0 atom stereocenters. The van der Waals surface area contributed by atoms with Gasteiger partial charge in [-0.2, -0.15) is 10.2 Å². The normalized spacial score (nSPS) is 11.2. The quantitative estimate of drug-likeness (QED) is 0.887. The molecule has 0 unspecified atom stereocenters. The van der Waals surface area contributed by atoms with Crippen molar-refractivity contribution in [1.82, 2.24) is 24.9 Å². The highest BCUT2D eigenvalue weighted by Gasteiger charge is 2.09. The van der Waals surface area contributed by atoms with E-state index >= 15 is 0 Å². The lowest BCUT2D eigenvalue weighted by Crippen LogP contribution is -2.14. The molecule has 2 aromatic rings. The molecule has 0 spiro atoms. The fraction of sp³-hybridized carbons (Fsp3) is 0.538. The van der Waals surface area contributed by atoms with E-state index in [0.29, 0.717) is 0 Å². The molecule has 0 radical (unpaired) electrons. The molecule has 5 nitrogen and oxygen atoms in total. The third-order valence-electron chi connectivity index (χ3n) is 3.61. The van der Waals surface area contributed by atoms with Gasteiger partial charge in [-0.25, -0.2) is 0 Å². The van der Waals surface area contributed by atoms with Gasteiger partial charge >= 0.3 is 0 Å². The predicted octanol–water partition coefficient (Wildman–Crippen LogP) is 1.37. The SMILES string of the molecule is Cc1nn(C)c(C)c1CNCc1cnn(C)c1C. The molecule has 0 aliphatic carbocycles. The van der Waals surface area contributed by atoms with Crippen LogP contribution in [0.4, 0.5) is 0 Å². The van der Waals surface area contributed by atoms with Gasteiger partial charge in [-0.1, -0.05) is 0 Å². The highest BCUT2D eigenvalue weighted by molar-refractivity contribution is 5.24. The second-order valence-electron chi connectivity index (χ2n) is 4.76. The summed E-state index contributed by atoms with van der Waals surface area (Å²) in [7, 11) is 3.95. The highest BCUT2D eigenvalue weighted by Crippen LogP contribution is 2.12. The van der Waals surface area contributed by atoms with E-state index in [4.69, 9.17) is 0 Å². The van der Waals surface area contributed by atoms with Crippen LogP contribution in [0.5, 0.6) is 0 Å². The van der Waals surface area contributed by atoms with Crippen molar-refractivity contribution in [2.45, 2.75) is 33.9 Å². The average molecular weight is 247 g/mol. The second-order valence-corrected chi connectivity index (χ2v) is 4.76. The number of hydrogen-bond acceptors (Lipinski definition) is 3. The van der Waals surface area contributed by atoms with Crippen molar-refractivity contribution in [1.29, 1.82) is 0 Å². The van der Waals surface area contributed by atoms with Crippen molar-refractivity contribution in [3.63, 3.8) is 0 Å². The molecule has 0 bridgehead atoms. The van der Waals surface area contributed by atoms with E-state index in [-0.39, 0.29) is 0 Å². The van der Waals surface area contributed by atoms with E-state index in [9.17, 15) is 0 Å². The Labute approximate surface area is 108 Å². The lowest BCUT2D eigenvalue weighted by Gasteiger charge is -2.05. The largest absolute Gasteiger partial charge is 0.308 e. The fourth-order valence-electron chi connectivity index (χ4n) is 2.11. The zero-order valence-corrected chi connectivity index (χ0v) is 11.8. The molecule has 0 aliphatic heterocycles. The smallest absolute Gasteiger partial charge is 0.0641 e. The summed E-state index contributed by atoms with van der Waals surface area (Å²) < 4.78 is 3.83. The van der Waals surface area contributed by atoms with Gasteiger partial charge in [0.15, 0.2) is 0 Å². The topological polar surface area (TPSA) is 47.7 Å². The van der Waals surface area contributed by atoms with Gasteiger partial charge in [-0.3, -0.25) is 9.36 Å². The summed E-state index contributed by atoms with van der Waals surface area (Å²) in [5, 5.41) is 12.1. The van der Waals surface area contributed by atoms with Gasteiger partial charge in [0.05, 0.1) is 11.9 Å². The Kier molecular flexibility index (Phi) is 3.52. The van der Waals surface area contributed by atoms with E-state index < -0.39 is 0 Å². The first-order chi connectivity index (χ1) is 8.50. The first-order valence-corrected chi connectivity index (χ1v) is 6.18. The number of hydrogen-bond donors (Lipinski definition) is 1. The zero-order valence-electron chi connectivity index (χ0n) is 11.8. The maximum absolute atomic E-state index is 4.42. The van der Waals surface area contributed by atoms with Gasteiger partial charge in [-0.05, 0) is 20.8 Å². The maximum atomic E-state index is 4.42. The number of rotatable bonds is 4. The Hall–Kier alpha value is -1.62. The minimum Gasteiger partial charge on any atom is -0.308 e. The highest BCUT2D eigenvalue weighted by atomic mass is 15.3. The van der Waals surface area contributed by atoms with Gasteiger partial charge in [0.25, 0.3) is 0 Å². The standard InChI is InChI=1S/C13H21N5/c1-9-13(11(3)18(5)16-9)8-14-6-12-7-15-17(4)10(12)2/h7,14H,6,8H2,1-5H3. The van der Waals surface area contributed by atoms with Crippen molar-refractivity contribution >= 4 is 0 Å². The van der Waals surface area contributed by atoms with E-state index in [2.05, 4.69) is 36.3 Å². The van der Waals surface area contributed by atoms with Crippen molar-refractivity contribution in [2.75, 3.05) is 0 Å².